The first-order valence-electron chi connectivity index (χ1n) is 8.04. The van der Waals surface area contributed by atoms with Gasteiger partial charge in [-0.2, -0.15) is 0 Å². The Morgan fingerprint density at radius 2 is 2.23 bits per heavy atom. The fourth-order valence-electron chi connectivity index (χ4n) is 3.00. The number of nitrogens with zero attached hydrogens (tertiary/aromatic N) is 3. The first-order valence-corrected chi connectivity index (χ1v) is 8.04. The molecule has 1 aliphatic carbocycles. The number of anilines is 1. The molecule has 2 amide bonds. The maximum Gasteiger partial charge on any atom is 0.248 e. The molecule has 0 bridgehead atoms. The number of likely N-dealkylation sites (tertiary alicyclic amines) is 1. The molecule has 0 radical (unpaired) electrons. The number of nitrogens with one attached hydrogen (secondary N) is 1. The zero-order valence-corrected chi connectivity index (χ0v) is 13.1. The maximum absolute atomic E-state index is 12.5. The van der Waals surface area contributed by atoms with Crippen LogP contribution >= 0.6 is 0 Å². The van der Waals surface area contributed by atoms with Crippen molar-refractivity contribution in [2.75, 3.05) is 11.9 Å². The van der Waals surface area contributed by atoms with Crippen LogP contribution in [-0.2, 0) is 9.59 Å². The van der Waals surface area contributed by atoms with Crippen molar-refractivity contribution in [3.05, 3.63) is 17.6 Å². The molecule has 2 heterocycles. The first-order chi connectivity index (χ1) is 10.6. The molecule has 6 heteroatoms. The third-order valence-corrected chi connectivity index (χ3v) is 4.28. The monoisotopic (exact) mass is 302 g/mol. The van der Waals surface area contributed by atoms with Gasteiger partial charge in [-0.3, -0.25) is 9.59 Å². The van der Waals surface area contributed by atoms with E-state index in [1.165, 1.54) is 0 Å². The molecule has 1 saturated heterocycles. The van der Waals surface area contributed by atoms with Crippen LogP contribution in [0.25, 0.3) is 0 Å². The van der Waals surface area contributed by atoms with Gasteiger partial charge in [-0.1, -0.05) is 6.92 Å². The summed E-state index contributed by atoms with van der Waals surface area (Å²) in [6, 6.07) is 1.45. The Kier molecular flexibility index (Phi) is 4.09. The Hall–Kier alpha value is -1.98. The van der Waals surface area contributed by atoms with Crippen LogP contribution < -0.4 is 5.32 Å². The number of amides is 2. The molecule has 118 valence electrons. The van der Waals surface area contributed by atoms with Crippen molar-refractivity contribution in [1.29, 1.82) is 0 Å². The lowest BCUT2D eigenvalue weighted by Gasteiger charge is -2.25. The third-order valence-electron chi connectivity index (χ3n) is 4.28. The highest BCUT2D eigenvalue weighted by atomic mass is 16.2. The average molecular weight is 302 g/mol. The minimum absolute atomic E-state index is 0.0690. The molecule has 6 nitrogen and oxygen atoms in total. The zero-order chi connectivity index (χ0) is 15.7. The van der Waals surface area contributed by atoms with Crippen molar-refractivity contribution in [3.63, 3.8) is 0 Å². The Bertz CT molecular complexity index is 598. The largest absolute Gasteiger partial charge is 0.331 e. The molecule has 0 spiro atoms. The molecule has 1 N–H and O–H groups in total. The van der Waals surface area contributed by atoms with Gasteiger partial charge in [0, 0.05) is 30.6 Å². The van der Waals surface area contributed by atoms with E-state index in [0.29, 0.717) is 36.9 Å². The molecule has 1 aromatic heterocycles. The number of carbonyl (C=O) groups is 2. The molecule has 1 saturated carbocycles. The summed E-state index contributed by atoms with van der Waals surface area (Å²) in [6.45, 7) is 4.43. The Labute approximate surface area is 130 Å². The van der Waals surface area contributed by atoms with E-state index >= 15 is 0 Å². The van der Waals surface area contributed by atoms with E-state index in [9.17, 15) is 9.59 Å². The van der Waals surface area contributed by atoms with Gasteiger partial charge in [0.25, 0.3) is 0 Å². The third kappa shape index (κ3) is 3.10. The molecule has 2 fully saturated rings. The van der Waals surface area contributed by atoms with Gasteiger partial charge in [0.15, 0.2) is 0 Å². The summed E-state index contributed by atoms with van der Waals surface area (Å²) in [7, 11) is 0. The fraction of sp³-hybridized carbons (Fsp3) is 0.625. The molecule has 1 aromatic rings. The predicted octanol–water partition coefficient (Wildman–Crippen LogP) is 2.00. The van der Waals surface area contributed by atoms with E-state index in [1.807, 2.05) is 19.9 Å². The SMILES string of the molecule is CC[C@@H](C(=O)Nc1cc(C2CC2)nc(C)n1)N1CCCC1=O. The second kappa shape index (κ2) is 6.02. The van der Waals surface area contributed by atoms with Crippen LogP contribution in [0.1, 0.15) is 56.5 Å². The minimum atomic E-state index is -0.408. The molecule has 22 heavy (non-hydrogen) atoms. The molecular formula is C16H22N4O2. The van der Waals surface area contributed by atoms with E-state index in [-0.39, 0.29) is 11.8 Å². The number of aromatic nitrogens is 2. The molecule has 1 aliphatic heterocycles. The zero-order valence-electron chi connectivity index (χ0n) is 13.1. The lowest BCUT2D eigenvalue weighted by atomic mass is 10.2. The highest BCUT2D eigenvalue weighted by Gasteiger charge is 2.32. The molecule has 0 aromatic carbocycles. The van der Waals surface area contributed by atoms with Gasteiger partial charge in [-0.25, -0.2) is 9.97 Å². The van der Waals surface area contributed by atoms with Crippen LogP contribution in [0.15, 0.2) is 6.07 Å². The lowest BCUT2D eigenvalue weighted by molar-refractivity contribution is -0.135. The Balaban J connectivity index is 1.73. The second-order valence-electron chi connectivity index (χ2n) is 6.10. The van der Waals surface area contributed by atoms with Gasteiger partial charge in [-0.05, 0) is 32.6 Å². The van der Waals surface area contributed by atoms with Crippen molar-refractivity contribution >= 4 is 17.6 Å². The topological polar surface area (TPSA) is 75.2 Å². The second-order valence-corrected chi connectivity index (χ2v) is 6.10. The van der Waals surface area contributed by atoms with Crippen molar-refractivity contribution in [3.8, 4) is 0 Å². The summed E-state index contributed by atoms with van der Waals surface area (Å²) < 4.78 is 0. The number of aryl methyl sites for hydroxylation is 1. The van der Waals surface area contributed by atoms with Crippen LogP contribution in [0.5, 0.6) is 0 Å². The number of hydrogen-bond donors (Lipinski definition) is 1. The molecule has 1 atom stereocenters. The quantitative estimate of drug-likeness (QED) is 0.902. The van der Waals surface area contributed by atoms with E-state index in [2.05, 4.69) is 15.3 Å². The molecule has 3 rings (SSSR count). The van der Waals surface area contributed by atoms with Crippen molar-refractivity contribution < 1.29 is 9.59 Å². The van der Waals surface area contributed by atoms with Gasteiger partial charge in [0.1, 0.15) is 17.7 Å². The summed E-state index contributed by atoms with van der Waals surface area (Å²) in [5.74, 6) is 1.64. The average Bonchev–Trinajstić information content (AvgIpc) is 3.23. The van der Waals surface area contributed by atoms with Gasteiger partial charge < -0.3 is 10.2 Å². The van der Waals surface area contributed by atoms with Crippen LogP contribution in [0.2, 0.25) is 0 Å². The fourth-order valence-corrected chi connectivity index (χ4v) is 3.00. The van der Waals surface area contributed by atoms with Crippen LogP contribution in [0.3, 0.4) is 0 Å². The molecule has 0 unspecified atom stereocenters. The van der Waals surface area contributed by atoms with Crippen molar-refractivity contribution in [2.45, 2.75) is 57.9 Å². The van der Waals surface area contributed by atoms with Crippen molar-refractivity contribution in [1.82, 2.24) is 14.9 Å². The van der Waals surface area contributed by atoms with Crippen LogP contribution in [0, 0.1) is 6.92 Å². The summed E-state index contributed by atoms with van der Waals surface area (Å²) in [5.41, 5.74) is 1.01. The minimum Gasteiger partial charge on any atom is -0.331 e. The standard InChI is InChI=1S/C16H22N4O2/c1-3-13(20-8-4-5-15(20)21)16(22)19-14-9-12(11-6-7-11)17-10(2)18-14/h9,11,13H,3-8H2,1-2H3,(H,17,18,19,22)/t13-/m0/s1. The summed E-state index contributed by atoms with van der Waals surface area (Å²) >= 11 is 0. The number of hydrogen-bond acceptors (Lipinski definition) is 4. The normalized spacial score (nSPS) is 19.4. The first kappa shape index (κ1) is 14.9. The van der Waals surface area contributed by atoms with E-state index in [0.717, 1.165) is 25.0 Å². The number of rotatable bonds is 5. The Morgan fingerprint density at radius 3 is 2.82 bits per heavy atom. The molecule has 2 aliphatic rings. The summed E-state index contributed by atoms with van der Waals surface area (Å²) in [5, 5.41) is 2.87. The van der Waals surface area contributed by atoms with E-state index < -0.39 is 6.04 Å². The van der Waals surface area contributed by atoms with Crippen LogP contribution in [0.4, 0.5) is 5.82 Å². The van der Waals surface area contributed by atoms with E-state index in [4.69, 9.17) is 0 Å². The maximum atomic E-state index is 12.5. The van der Waals surface area contributed by atoms with Gasteiger partial charge in [0.2, 0.25) is 11.8 Å². The highest BCUT2D eigenvalue weighted by molar-refractivity contribution is 5.96. The van der Waals surface area contributed by atoms with Gasteiger partial charge in [0.05, 0.1) is 0 Å². The number of carbonyl (C=O) groups excluding carboxylic acids is 2. The predicted molar refractivity (Wildman–Crippen MR) is 82.4 cm³/mol. The Morgan fingerprint density at radius 1 is 1.45 bits per heavy atom. The molecular weight excluding hydrogens is 280 g/mol. The summed E-state index contributed by atoms with van der Waals surface area (Å²) in [4.78, 5) is 34.8. The smallest absolute Gasteiger partial charge is 0.248 e. The van der Waals surface area contributed by atoms with Gasteiger partial charge in [-0.15, -0.1) is 0 Å². The summed E-state index contributed by atoms with van der Waals surface area (Å²) in [6.07, 6.45) is 4.30. The van der Waals surface area contributed by atoms with E-state index in [1.54, 1.807) is 4.90 Å². The highest BCUT2D eigenvalue weighted by Crippen LogP contribution is 2.39. The van der Waals surface area contributed by atoms with Crippen molar-refractivity contribution in [2.24, 2.45) is 0 Å². The van der Waals surface area contributed by atoms with Gasteiger partial charge >= 0.3 is 0 Å². The lowest BCUT2D eigenvalue weighted by Crippen LogP contribution is -2.44. The van der Waals surface area contributed by atoms with Crippen LogP contribution in [-0.4, -0.2) is 39.3 Å².